The second-order valence-electron chi connectivity index (χ2n) is 6.88. The summed E-state index contributed by atoms with van der Waals surface area (Å²) >= 11 is 0. The van der Waals surface area contributed by atoms with Crippen molar-refractivity contribution in [3.05, 3.63) is 71.3 Å². The number of phenolic OH excluding ortho intramolecular Hbond substituents is 1. The normalized spacial score (nSPS) is 14.4. The lowest BCUT2D eigenvalue weighted by Crippen LogP contribution is -2.03. The third kappa shape index (κ3) is 2.93. The van der Waals surface area contributed by atoms with E-state index in [1.807, 2.05) is 30.3 Å². The quantitative estimate of drug-likeness (QED) is 0.402. The monoisotopic (exact) mass is 386 g/mol. The second-order valence-corrected chi connectivity index (χ2v) is 6.88. The van der Waals surface area contributed by atoms with Crippen LogP contribution >= 0.6 is 0 Å². The highest BCUT2D eigenvalue weighted by molar-refractivity contribution is 6.37. The number of anilines is 1. The van der Waals surface area contributed by atoms with Gasteiger partial charge in [-0.05, 0) is 42.0 Å². The van der Waals surface area contributed by atoms with Crippen LogP contribution in [0.3, 0.4) is 0 Å². The molecule has 0 saturated carbocycles. The van der Waals surface area contributed by atoms with E-state index in [1.54, 1.807) is 31.5 Å². The number of carbonyl (C=O) groups is 1. The number of hydrogen-bond donors (Lipinski definition) is 4. The molecular weight excluding hydrogens is 368 g/mol. The van der Waals surface area contributed by atoms with E-state index in [2.05, 4.69) is 15.3 Å². The van der Waals surface area contributed by atoms with Crippen molar-refractivity contribution < 1.29 is 14.6 Å². The maximum atomic E-state index is 12.6. The smallest absolute Gasteiger partial charge is 0.256 e. The molecule has 7 nitrogen and oxygen atoms in total. The summed E-state index contributed by atoms with van der Waals surface area (Å²) in [6.07, 6.45) is 4.15. The number of aromatic hydroxyl groups is 1. The summed E-state index contributed by atoms with van der Waals surface area (Å²) in [5, 5.41) is 12.4. The van der Waals surface area contributed by atoms with Gasteiger partial charge in [0.15, 0.2) is 0 Å². The fraction of sp³-hybridized carbons (Fsp3) is 0.0909. The number of ether oxygens (including phenoxy) is 1. The Morgan fingerprint density at radius 1 is 1.14 bits per heavy atom. The summed E-state index contributed by atoms with van der Waals surface area (Å²) in [5.41, 5.74) is 5.40. The van der Waals surface area contributed by atoms with Gasteiger partial charge in [0.2, 0.25) is 0 Å². The number of rotatable bonds is 4. The molecule has 1 aliphatic heterocycles. The van der Waals surface area contributed by atoms with Crippen LogP contribution in [-0.2, 0) is 11.2 Å². The molecule has 2 aromatic carbocycles. The lowest BCUT2D eigenvalue weighted by Gasteiger charge is -2.01. The summed E-state index contributed by atoms with van der Waals surface area (Å²) in [7, 11) is 1.59. The van der Waals surface area contributed by atoms with Crippen molar-refractivity contribution in [2.75, 3.05) is 12.4 Å². The predicted molar refractivity (Wildman–Crippen MR) is 111 cm³/mol. The number of aromatic nitrogens is 3. The zero-order valence-electron chi connectivity index (χ0n) is 15.6. The van der Waals surface area contributed by atoms with Crippen LogP contribution in [0.15, 0.2) is 48.7 Å². The SMILES string of the molecule is COc1cc[nH]c1C=C1C(=O)Nc2ccc3[nH]c(Cc4ccc(O)cc4)nc3c21. The van der Waals surface area contributed by atoms with Crippen molar-refractivity contribution in [3.8, 4) is 11.5 Å². The highest BCUT2D eigenvalue weighted by Gasteiger charge is 2.28. The van der Waals surface area contributed by atoms with Gasteiger partial charge >= 0.3 is 0 Å². The summed E-state index contributed by atoms with van der Waals surface area (Å²) < 4.78 is 5.34. The lowest BCUT2D eigenvalue weighted by atomic mass is 10.0. The number of nitrogens with zero attached hydrogens (tertiary/aromatic N) is 1. The zero-order chi connectivity index (χ0) is 20.0. The minimum atomic E-state index is -0.174. The molecule has 0 aliphatic carbocycles. The van der Waals surface area contributed by atoms with Crippen LogP contribution in [0.25, 0.3) is 22.7 Å². The van der Waals surface area contributed by atoms with Crippen molar-refractivity contribution in [2.24, 2.45) is 0 Å². The van der Waals surface area contributed by atoms with Gasteiger partial charge < -0.3 is 25.1 Å². The molecule has 29 heavy (non-hydrogen) atoms. The Kier molecular flexibility index (Phi) is 3.87. The number of aromatic amines is 2. The van der Waals surface area contributed by atoms with E-state index in [1.165, 1.54) is 0 Å². The van der Waals surface area contributed by atoms with Crippen LogP contribution in [0.1, 0.15) is 22.6 Å². The number of H-pyrrole nitrogens is 2. The predicted octanol–water partition coefficient (Wildman–Crippen LogP) is 3.69. The van der Waals surface area contributed by atoms with E-state index in [9.17, 15) is 9.90 Å². The number of methoxy groups -OCH3 is 1. The van der Waals surface area contributed by atoms with Gasteiger partial charge in [-0.2, -0.15) is 0 Å². The van der Waals surface area contributed by atoms with Crippen molar-refractivity contribution in [1.82, 2.24) is 15.0 Å². The molecule has 4 N–H and O–H groups in total. The molecule has 0 unspecified atom stereocenters. The van der Waals surface area contributed by atoms with Gasteiger partial charge in [0.25, 0.3) is 5.91 Å². The number of carbonyl (C=O) groups excluding carboxylic acids is 1. The maximum Gasteiger partial charge on any atom is 0.256 e. The van der Waals surface area contributed by atoms with E-state index in [0.29, 0.717) is 17.7 Å². The average Bonchev–Trinajstić information content (AvgIpc) is 3.41. The molecule has 7 heteroatoms. The molecule has 144 valence electrons. The number of fused-ring (bicyclic) bond motifs is 3. The van der Waals surface area contributed by atoms with Gasteiger partial charge in [0, 0.05) is 18.2 Å². The van der Waals surface area contributed by atoms with E-state index >= 15 is 0 Å². The minimum absolute atomic E-state index is 0.174. The highest BCUT2D eigenvalue weighted by atomic mass is 16.5. The first-order chi connectivity index (χ1) is 14.1. The fourth-order valence-corrected chi connectivity index (χ4v) is 3.64. The number of phenols is 1. The maximum absolute atomic E-state index is 12.6. The van der Waals surface area contributed by atoms with E-state index < -0.39 is 0 Å². The average molecular weight is 386 g/mol. The molecule has 0 atom stereocenters. The number of benzene rings is 2. The molecule has 0 saturated heterocycles. The fourth-order valence-electron chi connectivity index (χ4n) is 3.64. The molecule has 4 aromatic rings. The van der Waals surface area contributed by atoms with Crippen LogP contribution in [-0.4, -0.2) is 33.1 Å². The first-order valence-corrected chi connectivity index (χ1v) is 9.16. The van der Waals surface area contributed by atoms with Crippen molar-refractivity contribution in [2.45, 2.75) is 6.42 Å². The van der Waals surface area contributed by atoms with Crippen molar-refractivity contribution in [3.63, 3.8) is 0 Å². The van der Waals surface area contributed by atoms with Crippen molar-refractivity contribution >= 4 is 34.3 Å². The third-order valence-electron chi connectivity index (χ3n) is 5.02. The Morgan fingerprint density at radius 2 is 1.97 bits per heavy atom. The molecule has 2 aromatic heterocycles. The largest absolute Gasteiger partial charge is 0.508 e. The molecule has 1 amide bonds. The third-order valence-corrected chi connectivity index (χ3v) is 5.02. The molecule has 3 heterocycles. The first kappa shape index (κ1) is 17.1. The highest BCUT2D eigenvalue weighted by Crippen LogP contribution is 2.38. The van der Waals surface area contributed by atoms with E-state index in [4.69, 9.17) is 9.72 Å². The van der Waals surface area contributed by atoms with Gasteiger partial charge in [-0.3, -0.25) is 4.79 Å². The summed E-state index contributed by atoms with van der Waals surface area (Å²) in [6.45, 7) is 0. The molecule has 0 radical (unpaired) electrons. The van der Waals surface area contributed by atoms with Crippen LogP contribution in [0.2, 0.25) is 0 Å². The molecule has 1 aliphatic rings. The number of imidazole rings is 1. The Hall–Kier alpha value is -4.00. The Balaban J connectivity index is 1.59. The minimum Gasteiger partial charge on any atom is -0.508 e. The Labute approximate surface area is 166 Å². The number of hydrogen-bond acceptors (Lipinski definition) is 4. The summed E-state index contributed by atoms with van der Waals surface area (Å²) in [4.78, 5) is 23.8. The number of nitrogens with one attached hydrogen (secondary N) is 3. The molecular formula is C22H18N4O3. The van der Waals surface area contributed by atoms with E-state index in [0.717, 1.165) is 39.4 Å². The summed E-state index contributed by atoms with van der Waals surface area (Å²) in [6, 6.07) is 12.6. The number of amides is 1. The summed E-state index contributed by atoms with van der Waals surface area (Å²) in [5.74, 6) is 1.51. The second kappa shape index (κ2) is 6.56. The van der Waals surface area contributed by atoms with Gasteiger partial charge in [0.1, 0.15) is 17.3 Å². The first-order valence-electron chi connectivity index (χ1n) is 9.16. The van der Waals surface area contributed by atoms with Crippen LogP contribution in [0, 0.1) is 0 Å². The topological polar surface area (TPSA) is 103 Å². The Morgan fingerprint density at radius 3 is 2.76 bits per heavy atom. The van der Waals surface area contributed by atoms with Gasteiger partial charge in [-0.1, -0.05) is 12.1 Å². The zero-order valence-corrected chi connectivity index (χ0v) is 15.6. The van der Waals surface area contributed by atoms with Gasteiger partial charge in [-0.25, -0.2) is 4.98 Å². The van der Waals surface area contributed by atoms with Crippen LogP contribution < -0.4 is 10.1 Å². The van der Waals surface area contributed by atoms with Crippen LogP contribution in [0.5, 0.6) is 11.5 Å². The van der Waals surface area contributed by atoms with Gasteiger partial charge in [0.05, 0.1) is 35.1 Å². The molecule has 5 rings (SSSR count). The standard InChI is InChI=1S/C22H18N4O3/c1-29-18-8-9-23-17(18)11-14-20-15(25-22(14)28)6-7-16-21(20)26-19(24-16)10-12-2-4-13(27)5-3-12/h2-9,11,23,27H,10H2,1H3,(H,24,26)(H,25,28). The molecule has 0 bridgehead atoms. The molecule has 0 spiro atoms. The van der Waals surface area contributed by atoms with Crippen molar-refractivity contribution in [1.29, 1.82) is 0 Å². The van der Waals surface area contributed by atoms with Crippen LogP contribution in [0.4, 0.5) is 5.69 Å². The van der Waals surface area contributed by atoms with Gasteiger partial charge in [-0.15, -0.1) is 0 Å². The Bertz CT molecular complexity index is 1270. The molecule has 0 fully saturated rings. The lowest BCUT2D eigenvalue weighted by molar-refractivity contribution is -0.110. The van der Waals surface area contributed by atoms with E-state index in [-0.39, 0.29) is 11.7 Å².